The predicted molar refractivity (Wildman–Crippen MR) is 99.9 cm³/mol. The summed E-state index contributed by atoms with van der Waals surface area (Å²) in [4.78, 5) is 23.4. The monoisotopic (exact) mass is 348 g/mol. The first-order chi connectivity index (χ1) is 12.5. The third-order valence-corrected chi connectivity index (χ3v) is 4.57. The van der Waals surface area contributed by atoms with E-state index in [0.29, 0.717) is 30.9 Å². The fourth-order valence-corrected chi connectivity index (χ4v) is 3.34. The van der Waals surface area contributed by atoms with Crippen LogP contribution in [0.15, 0.2) is 36.4 Å². The van der Waals surface area contributed by atoms with Crippen molar-refractivity contribution >= 4 is 22.8 Å². The second-order valence-corrected chi connectivity index (χ2v) is 6.48. The molecule has 0 atom stereocenters. The number of carbonyl (C=O) groups is 1. The van der Waals surface area contributed by atoms with Gasteiger partial charge in [-0.25, -0.2) is 9.97 Å². The highest BCUT2D eigenvalue weighted by Crippen LogP contribution is 2.29. The van der Waals surface area contributed by atoms with Gasteiger partial charge >= 0.3 is 0 Å². The van der Waals surface area contributed by atoms with E-state index in [1.54, 1.807) is 4.90 Å². The SMILES string of the molecule is CCOc1ccc2c(c1)CN(C(=O)c1nc(N)nc3ccc(C)cc13)C2. The molecule has 0 saturated carbocycles. The van der Waals surface area contributed by atoms with Crippen molar-refractivity contribution in [2.24, 2.45) is 0 Å². The second-order valence-electron chi connectivity index (χ2n) is 6.48. The Morgan fingerprint density at radius 2 is 1.96 bits per heavy atom. The third kappa shape index (κ3) is 2.83. The zero-order chi connectivity index (χ0) is 18.3. The van der Waals surface area contributed by atoms with Crippen molar-refractivity contribution in [3.8, 4) is 5.75 Å². The van der Waals surface area contributed by atoms with Crippen LogP contribution in [0.4, 0.5) is 5.95 Å². The van der Waals surface area contributed by atoms with Gasteiger partial charge in [-0.15, -0.1) is 0 Å². The molecule has 0 aliphatic carbocycles. The van der Waals surface area contributed by atoms with Crippen LogP contribution < -0.4 is 10.5 Å². The second kappa shape index (κ2) is 6.29. The fraction of sp³-hybridized carbons (Fsp3) is 0.250. The largest absolute Gasteiger partial charge is 0.494 e. The number of aromatic nitrogens is 2. The summed E-state index contributed by atoms with van der Waals surface area (Å²) in [6.07, 6.45) is 0. The standard InChI is InChI=1S/C20H20N4O2/c1-3-26-15-6-5-13-10-24(11-14(13)9-15)19(25)18-16-8-12(2)4-7-17(16)22-20(21)23-18/h4-9H,3,10-11H2,1-2H3,(H2,21,22,23). The van der Waals surface area contributed by atoms with Gasteiger partial charge in [-0.2, -0.15) is 0 Å². The van der Waals surface area contributed by atoms with E-state index in [-0.39, 0.29) is 11.9 Å². The first-order valence-electron chi connectivity index (χ1n) is 8.63. The molecule has 0 unspecified atom stereocenters. The number of fused-ring (bicyclic) bond motifs is 2. The molecule has 6 heteroatoms. The summed E-state index contributed by atoms with van der Waals surface area (Å²) in [6.45, 7) is 5.64. The Balaban J connectivity index is 1.69. The maximum Gasteiger partial charge on any atom is 0.273 e. The molecule has 2 N–H and O–H groups in total. The molecule has 1 amide bonds. The van der Waals surface area contributed by atoms with Crippen LogP contribution in [-0.4, -0.2) is 27.4 Å². The van der Waals surface area contributed by atoms with Gasteiger partial charge in [0.15, 0.2) is 0 Å². The van der Waals surface area contributed by atoms with Crippen LogP contribution in [-0.2, 0) is 13.1 Å². The molecular formula is C20H20N4O2. The van der Waals surface area contributed by atoms with Gasteiger partial charge in [0.05, 0.1) is 12.1 Å². The van der Waals surface area contributed by atoms with Crippen LogP contribution in [0, 0.1) is 6.92 Å². The Hall–Kier alpha value is -3.15. The number of hydrogen-bond acceptors (Lipinski definition) is 5. The number of hydrogen-bond donors (Lipinski definition) is 1. The number of amides is 1. The molecule has 1 aromatic heterocycles. The van der Waals surface area contributed by atoms with Crippen molar-refractivity contribution < 1.29 is 9.53 Å². The molecule has 1 aliphatic rings. The minimum atomic E-state index is -0.135. The molecule has 0 spiro atoms. The summed E-state index contributed by atoms with van der Waals surface area (Å²) < 4.78 is 5.56. The smallest absolute Gasteiger partial charge is 0.273 e. The van der Waals surface area contributed by atoms with Gasteiger partial charge in [0.25, 0.3) is 5.91 Å². The molecule has 0 bridgehead atoms. The van der Waals surface area contributed by atoms with E-state index >= 15 is 0 Å². The van der Waals surface area contributed by atoms with Gasteiger partial charge < -0.3 is 15.4 Å². The summed E-state index contributed by atoms with van der Waals surface area (Å²) >= 11 is 0. The van der Waals surface area contributed by atoms with Crippen LogP contribution in [0.1, 0.15) is 34.1 Å². The molecule has 132 valence electrons. The average Bonchev–Trinajstić information content (AvgIpc) is 3.04. The van der Waals surface area contributed by atoms with Crippen molar-refractivity contribution in [3.63, 3.8) is 0 Å². The highest BCUT2D eigenvalue weighted by atomic mass is 16.5. The Labute approximate surface area is 151 Å². The van der Waals surface area contributed by atoms with Gasteiger partial charge in [-0.3, -0.25) is 4.79 Å². The van der Waals surface area contributed by atoms with Gasteiger partial charge in [0.2, 0.25) is 5.95 Å². The van der Waals surface area contributed by atoms with Gasteiger partial charge in [0.1, 0.15) is 11.4 Å². The van der Waals surface area contributed by atoms with Crippen molar-refractivity contribution in [1.82, 2.24) is 14.9 Å². The number of benzene rings is 2. The number of nitrogens with two attached hydrogens (primary N) is 1. The molecule has 4 rings (SSSR count). The van der Waals surface area contributed by atoms with Crippen molar-refractivity contribution in [1.29, 1.82) is 0 Å². The highest BCUT2D eigenvalue weighted by Gasteiger charge is 2.27. The molecule has 1 aliphatic heterocycles. The first kappa shape index (κ1) is 16.3. The average molecular weight is 348 g/mol. The number of nitrogens with zero attached hydrogens (tertiary/aromatic N) is 3. The quantitative estimate of drug-likeness (QED) is 0.787. The Kier molecular flexibility index (Phi) is 3.95. The molecule has 2 aromatic carbocycles. The van der Waals surface area contributed by atoms with E-state index in [2.05, 4.69) is 9.97 Å². The summed E-state index contributed by atoms with van der Waals surface area (Å²) in [7, 11) is 0. The van der Waals surface area contributed by atoms with Crippen molar-refractivity contribution in [2.75, 3.05) is 12.3 Å². The zero-order valence-electron chi connectivity index (χ0n) is 14.8. The number of rotatable bonds is 3. The Bertz CT molecular complexity index is 1020. The lowest BCUT2D eigenvalue weighted by atomic mass is 10.1. The van der Waals surface area contributed by atoms with E-state index in [9.17, 15) is 4.79 Å². The molecule has 0 radical (unpaired) electrons. The van der Waals surface area contributed by atoms with Gasteiger partial charge in [0, 0.05) is 18.5 Å². The van der Waals surface area contributed by atoms with Gasteiger partial charge in [-0.05, 0) is 49.2 Å². The minimum Gasteiger partial charge on any atom is -0.494 e. The number of anilines is 1. The molecular weight excluding hydrogens is 328 g/mol. The highest BCUT2D eigenvalue weighted by molar-refractivity contribution is 6.05. The van der Waals surface area contributed by atoms with Crippen LogP contribution >= 0.6 is 0 Å². The maximum absolute atomic E-state index is 13.2. The lowest BCUT2D eigenvalue weighted by Crippen LogP contribution is -2.27. The number of ether oxygens (including phenoxy) is 1. The van der Waals surface area contributed by atoms with Crippen LogP contribution in [0.3, 0.4) is 0 Å². The number of nitrogen functional groups attached to an aromatic ring is 1. The van der Waals surface area contributed by atoms with Crippen LogP contribution in [0.2, 0.25) is 0 Å². The summed E-state index contributed by atoms with van der Waals surface area (Å²) in [5.41, 5.74) is 10.1. The summed E-state index contributed by atoms with van der Waals surface area (Å²) in [5.74, 6) is 0.803. The van der Waals surface area contributed by atoms with E-state index in [1.165, 1.54) is 0 Å². The van der Waals surface area contributed by atoms with Gasteiger partial charge in [-0.1, -0.05) is 17.7 Å². The van der Waals surface area contributed by atoms with Crippen molar-refractivity contribution in [3.05, 3.63) is 58.8 Å². The molecule has 0 fully saturated rings. The fourth-order valence-electron chi connectivity index (χ4n) is 3.34. The molecule has 2 heterocycles. The van der Waals surface area contributed by atoms with Crippen LogP contribution in [0.5, 0.6) is 5.75 Å². The van der Waals surface area contributed by atoms with E-state index in [4.69, 9.17) is 10.5 Å². The molecule has 26 heavy (non-hydrogen) atoms. The number of carbonyl (C=O) groups excluding carboxylic acids is 1. The first-order valence-corrected chi connectivity index (χ1v) is 8.63. The lowest BCUT2D eigenvalue weighted by molar-refractivity contribution is 0.0747. The topological polar surface area (TPSA) is 81.3 Å². The maximum atomic E-state index is 13.2. The molecule has 6 nitrogen and oxygen atoms in total. The Morgan fingerprint density at radius 3 is 2.77 bits per heavy atom. The van der Waals surface area contributed by atoms with Crippen molar-refractivity contribution in [2.45, 2.75) is 26.9 Å². The molecule has 0 saturated heterocycles. The minimum absolute atomic E-state index is 0.111. The lowest BCUT2D eigenvalue weighted by Gasteiger charge is -2.16. The predicted octanol–water partition coefficient (Wildman–Crippen LogP) is 3.08. The third-order valence-electron chi connectivity index (χ3n) is 4.57. The number of aryl methyl sites for hydroxylation is 1. The van der Waals surface area contributed by atoms with Crippen LogP contribution in [0.25, 0.3) is 10.9 Å². The summed E-state index contributed by atoms with van der Waals surface area (Å²) in [6, 6.07) is 11.7. The van der Waals surface area contributed by atoms with E-state index in [1.807, 2.05) is 50.2 Å². The summed E-state index contributed by atoms with van der Waals surface area (Å²) in [5, 5.41) is 0.732. The molecule has 3 aromatic rings. The Morgan fingerprint density at radius 1 is 1.15 bits per heavy atom. The van der Waals surface area contributed by atoms with E-state index in [0.717, 1.165) is 27.8 Å². The van der Waals surface area contributed by atoms with E-state index < -0.39 is 0 Å². The normalized spacial score (nSPS) is 13.1. The zero-order valence-corrected chi connectivity index (χ0v) is 14.8.